The molecule has 0 radical (unpaired) electrons. The minimum Gasteiger partial charge on any atom is -0.397 e. The molecule has 0 bridgehead atoms. The molecular weight excluding hydrogens is 352 g/mol. The van der Waals surface area contributed by atoms with Crippen LogP contribution in [0.25, 0.3) is 0 Å². The highest BCUT2D eigenvalue weighted by molar-refractivity contribution is 14.1. The summed E-state index contributed by atoms with van der Waals surface area (Å²) in [5.41, 5.74) is 6.98. The maximum absolute atomic E-state index is 13.4. The molecule has 3 nitrogen and oxygen atoms in total. The predicted octanol–water partition coefficient (Wildman–Crippen LogP) is 3.64. The second kappa shape index (κ2) is 5.18. The number of nitrogens with one attached hydrogen (secondary N) is 1. The quantitative estimate of drug-likeness (QED) is 0.647. The van der Waals surface area contributed by atoms with Crippen LogP contribution in [-0.4, -0.2) is 4.98 Å². The lowest BCUT2D eigenvalue weighted by Gasteiger charge is -2.15. The molecule has 0 spiro atoms. The van der Waals surface area contributed by atoms with Crippen LogP contribution in [0.1, 0.15) is 18.0 Å². The smallest absolute Gasteiger partial charge is 0.138 e. The number of rotatable bonds is 3. The van der Waals surface area contributed by atoms with Crippen molar-refractivity contribution in [1.29, 1.82) is 0 Å². The highest BCUT2D eigenvalue weighted by atomic mass is 127. The van der Waals surface area contributed by atoms with E-state index in [1.165, 1.54) is 6.07 Å². The molecule has 1 unspecified atom stereocenters. The van der Waals surface area contributed by atoms with E-state index in [0.29, 0.717) is 14.9 Å². The van der Waals surface area contributed by atoms with Crippen LogP contribution in [0.3, 0.4) is 0 Å². The third-order valence-corrected chi connectivity index (χ3v) is 4.07. The summed E-state index contributed by atoms with van der Waals surface area (Å²) in [4.78, 5) is 4.20. The van der Waals surface area contributed by atoms with Crippen LogP contribution in [0.4, 0.5) is 15.8 Å². The Morgan fingerprint density at radius 1 is 1.53 bits per heavy atom. The maximum atomic E-state index is 13.4. The van der Waals surface area contributed by atoms with Gasteiger partial charge in [-0.15, -0.1) is 11.3 Å². The van der Waals surface area contributed by atoms with E-state index in [1.807, 2.05) is 34.9 Å². The SMILES string of the molecule is CC(Nc1cc(F)c(I)cc1N)c1nccs1. The molecule has 3 N–H and O–H groups in total. The number of anilines is 2. The molecule has 0 aliphatic rings. The van der Waals surface area contributed by atoms with Gasteiger partial charge in [0.25, 0.3) is 0 Å². The molecule has 0 aliphatic carbocycles. The second-order valence-corrected chi connectivity index (χ2v) is 5.68. The Hall–Kier alpha value is -0.890. The standard InChI is InChI=1S/C11H11FIN3S/c1-6(11-15-2-3-17-11)16-10-4-7(12)8(13)5-9(10)14/h2-6,16H,14H2,1H3. The summed E-state index contributed by atoms with van der Waals surface area (Å²) in [5.74, 6) is -0.270. The van der Waals surface area contributed by atoms with Crippen molar-refractivity contribution < 1.29 is 4.39 Å². The number of benzene rings is 1. The third kappa shape index (κ3) is 2.86. The van der Waals surface area contributed by atoms with Gasteiger partial charge in [0.1, 0.15) is 10.8 Å². The van der Waals surface area contributed by atoms with E-state index in [1.54, 1.807) is 23.6 Å². The number of hydrogen-bond acceptors (Lipinski definition) is 4. The van der Waals surface area contributed by atoms with Gasteiger partial charge >= 0.3 is 0 Å². The fourth-order valence-corrected chi connectivity index (χ4v) is 2.57. The molecule has 0 amide bonds. The summed E-state index contributed by atoms with van der Waals surface area (Å²) in [6, 6.07) is 3.05. The first kappa shape index (κ1) is 12.6. The van der Waals surface area contributed by atoms with Gasteiger partial charge in [-0.25, -0.2) is 9.37 Å². The van der Waals surface area contributed by atoms with Gasteiger partial charge in [0.15, 0.2) is 0 Å². The highest BCUT2D eigenvalue weighted by Crippen LogP contribution is 2.28. The number of nitrogens with zero attached hydrogens (tertiary/aromatic N) is 1. The van der Waals surface area contributed by atoms with Crippen LogP contribution in [0.15, 0.2) is 23.7 Å². The van der Waals surface area contributed by atoms with Crippen molar-refractivity contribution in [2.75, 3.05) is 11.1 Å². The van der Waals surface area contributed by atoms with E-state index in [9.17, 15) is 4.39 Å². The Bertz CT molecular complexity index is 516. The van der Waals surface area contributed by atoms with Crippen molar-refractivity contribution in [3.63, 3.8) is 0 Å². The molecule has 1 aromatic carbocycles. The molecule has 6 heteroatoms. The second-order valence-electron chi connectivity index (χ2n) is 3.59. The third-order valence-electron chi connectivity index (χ3n) is 2.29. The molecular formula is C11H11FIN3S. The summed E-state index contributed by atoms with van der Waals surface area (Å²) < 4.78 is 14.0. The van der Waals surface area contributed by atoms with Crippen LogP contribution in [-0.2, 0) is 0 Å². The maximum Gasteiger partial charge on any atom is 0.138 e. The van der Waals surface area contributed by atoms with E-state index >= 15 is 0 Å². The highest BCUT2D eigenvalue weighted by Gasteiger charge is 2.11. The summed E-state index contributed by atoms with van der Waals surface area (Å²) in [5, 5.41) is 6.02. The number of halogens is 2. The number of nitrogen functional groups attached to an aromatic ring is 1. The zero-order valence-corrected chi connectivity index (χ0v) is 12.0. The molecule has 0 aliphatic heterocycles. The van der Waals surface area contributed by atoms with E-state index in [4.69, 9.17) is 5.73 Å². The van der Waals surface area contributed by atoms with Gasteiger partial charge in [-0.2, -0.15) is 0 Å². The molecule has 2 rings (SSSR count). The van der Waals surface area contributed by atoms with Crippen LogP contribution >= 0.6 is 33.9 Å². The van der Waals surface area contributed by atoms with Gasteiger partial charge in [-0.05, 0) is 35.6 Å². The molecule has 17 heavy (non-hydrogen) atoms. The lowest BCUT2D eigenvalue weighted by molar-refractivity contribution is 0.620. The molecule has 1 heterocycles. The Balaban J connectivity index is 2.22. The largest absolute Gasteiger partial charge is 0.397 e. The summed E-state index contributed by atoms with van der Waals surface area (Å²) in [6.45, 7) is 1.97. The van der Waals surface area contributed by atoms with Crippen LogP contribution < -0.4 is 11.1 Å². The average molecular weight is 363 g/mol. The average Bonchev–Trinajstić information content (AvgIpc) is 2.79. The van der Waals surface area contributed by atoms with Gasteiger partial charge in [-0.1, -0.05) is 0 Å². The monoisotopic (exact) mass is 363 g/mol. The Labute approximate surface area is 116 Å². The van der Waals surface area contributed by atoms with E-state index in [2.05, 4.69) is 10.3 Å². The summed E-state index contributed by atoms with van der Waals surface area (Å²) in [6.07, 6.45) is 1.75. The van der Waals surface area contributed by atoms with E-state index in [-0.39, 0.29) is 11.9 Å². The first-order chi connectivity index (χ1) is 8.08. The van der Waals surface area contributed by atoms with Gasteiger partial charge in [-0.3, -0.25) is 0 Å². The molecule has 0 saturated carbocycles. The lowest BCUT2D eigenvalue weighted by atomic mass is 10.2. The van der Waals surface area contributed by atoms with Crippen molar-refractivity contribution in [2.45, 2.75) is 13.0 Å². The molecule has 1 atom stereocenters. The normalized spacial score (nSPS) is 12.4. The van der Waals surface area contributed by atoms with Gasteiger partial charge < -0.3 is 11.1 Å². The predicted molar refractivity (Wildman–Crippen MR) is 77.7 cm³/mol. The molecule has 0 saturated heterocycles. The minimum absolute atomic E-state index is 0.0109. The van der Waals surface area contributed by atoms with Gasteiger partial charge in [0.05, 0.1) is 21.0 Å². The van der Waals surface area contributed by atoms with Crippen molar-refractivity contribution in [1.82, 2.24) is 4.98 Å². The number of aromatic nitrogens is 1. The zero-order chi connectivity index (χ0) is 12.4. The first-order valence-electron chi connectivity index (χ1n) is 4.98. The molecule has 1 aromatic heterocycles. The molecule has 90 valence electrons. The van der Waals surface area contributed by atoms with Crippen LogP contribution in [0.2, 0.25) is 0 Å². The topological polar surface area (TPSA) is 50.9 Å². The van der Waals surface area contributed by atoms with Crippen molar-refractivity contribution in [2.24, 2.45) is 0 Å². The molecule has 0 fully saturated rings. The summed E-state index contributed by atoms with van der Waals surface area (Å²) >= 11 is 3.47. The Kier molecular flexibility index (Phi) is 3.82. The van der Waals surface area contributed by atoms with E-state index < -0.39 is 0 Å². The fourth-order valence-electron chi connectivity index (χ4n) is 1.43. The van der Waals surface area contributed by atoms with Crippen molar-refractivity contribution in [3.8, 4) is 0 Å². The van der Waals surface area contributed by atoms with Gasteiger partial charge in [0, 0.05) is 17.6 Å². The van der Waals surface area contributed by atoms with Crippen LogP contribution in [0.5, 0.6) is 0 Å². The van der Waals surface area contributed by atoms with Crippen molar-refractivity contribution >= 4 is 45.3 Å². The molecule has 2 aromatic rings. The Morgan fingerprint density at radius 2 is 2.29 bits per heavy atom. The lowest BCUT2D eigenvalue weighted by Crippen LogP contribution is -2.08. The fraction of sp³-hybridized carbons (Fsp3) is 0.182. The van der Waals surface area contributed by atoms with Crippen molar-refractivity contribution in [3.05, 3.63) is 38.1 Å². The zero-order valence-electron chi connectivity index (χ0n) is 9.08. The van der Waals surface area contributed by atoms with E-state index in [0.717, 1.165) is 5.01 Å². The summed E-state index contributed by atoms with van der Waals surface area (Å²) in [7, 11) is 0. The Morgan fingerprint density at radius 3 is 2.94 bits per heavy atom. The minimum atomic E-state index is -0.270. The number of nitrogens with two attached hydrogens (primary N) is 1. The van der Waals surface area contributed by atoms with Gasteiger partial charge in [0.2, 0.25) is 0 Å². The van der Waals surface area contributed by atoms with Crippen LogP contribution in [0, 0.1) is 9.39 Å². The first-order valence-corrected chi connectivity index (χ1v) is 6.94. The number of hydrogen-bond donors (Lipinski definition) is 2. The number of thiazole rings is 1.